The lowest BCUT2D eigenvalue weighted by molar-refractivity contribution is -0.303. The largest absolute Gasteiger partial charge is 0.460 e. The van der Waals surface area contributed by atoms with Gasteiger partial charge in [-0.2, -0.15) is 0 Å². The summed E-state index contributed by atoms with van der Waals surface area (Å²) in [6.45, 7) is 16.6. The van der Waals surface area contributed by atoms with Gasteiger partial charge >= 0.3 is 5.97 Å². The number of hydrogen-bond acceptors (Lipinski definition) is 5. The fourth-order valence-corrected chi connectivity index (χ4v) is 9.59. The highest BCUT2D eigenvalue weighted by atomic mass is 28.4. The molecule has 0 saturated carbocycles. The molecule has 1 fully saturated rings. The first kappa shape index (κ1) is 27.6. The molecule has 0 bridgehead atoms. The van der Waals surface area contributed by atoms with Gasteiger partial charge in [-0.3, -0.25) is 4.79 Å². The van der Waals surface area contributed by atoms with E-state index in [-0.39, 0.29) is 29.6 Å². The van der Waals surface area contributed by atoms with Crippen LogP contribution in [0.5, 0.6) is 0 Å². The maximum atomic E-state index is 12.5. The summed E-state index contributed by atoms with van der Waals surface area (Å²) in [6, 6.07) is 21.2. The molecule has 2 unspecified atom stereocenters. The molecule has 1 saturated heterocycles. The number of ether oxygens (including phenoxy) is 3. The molecule has 6 heteroatoms. The van der Waals surface area contributed by atoms with Crippen molar-refractivity contribution in [2.75, 3.05) is 6.61 Å². The van der Waals surface area contributed by atoms with Gasteiger partial charge < -0.3 is 18.6 Å². The maximum absolute atomic E-state index is 12.5. The van der Waals surface area contributed by atoms with Crippen LogP contribution in [0, 0.1) is 0 Å². The fourth-order valence-electron chi connectivity index (χ4n) is 5.00. The van der Waals surface area contributed by atoms with Crippen LogP contribution >= 0.6 is 0 Å². The molecule has 2 aromatic carbocycles. The number of carbonyl (C=O) groups is 1. The molecule has 2 atom stereocenters. The van der Waals surface area contributed by atoms with Crippen molar-refractivity contribution < 1.29 is 23.4 Å². The highest BCUT2D eigenvalue weighted by molar-refractivity contribution is 6.99. The van der Waals surface area contributed by atoms with E-state index in [2.05, 4.69) is 69.3 Å². The number of benzene rings is 2. The third kappa shape index (κ3) is 7.03. The van der Waals surface area contributed by atoms with Gasteiger partial charge in [0.15, 0.2) is 5.79 Å². The Labute approximate surface area is 212 Å². The highest BCUT2D eigenvalue weighted by Gasteiger charge is 2.51. The number of carbonyl (C=O) groups excluding carboxylic acids is 1. The van der Waals surface area contributed by atoms with Crippen molar-refractivity contribution in [2.24, 2.45) is 0 Å². The van der Waals surface area contributed by atoms with Crippen molar-refractivity contribution in [1.29, 1.82) is 0 Å². The summed E-state index contributed by atoms with van der Waals surface area (Å²) in [5, 5.41) is 2.34. The Kier molecular flexibility index (Phi) is 8.32. The average Bonchev–Trinajstić information content (AvgIpc) is 2.72. The van der Waals surface area contributed by atoms with Gasteiger partial charge in [-0.15, -0.1) is 0 Å². The summed E-state index contributed by atoms with van der Waals surface area (Å²) in [5.74, 6) is -1.07. The van der Waals surface area contributed by atoms with Crippen LogP contribution in [0.3, 0.4) is 0 Å². The molecule has 0 amide bonds. The Morgan fingerprint density at radius 2 is 1.37 bits per heavy atom. The molecule has 1 aliphatic heterocycles. The summed E-state index contributed by atoms with van der Waals surface area (Å²) in [7, 11) is -2.68. The first-order valence-electron chi connectivity index (χ1n) is 12.5. The van der Waals surface area contributed by atoms with E-state index in [0.29, 0.717) is 13.0 Å². The molecule has 1 heterocycles. The Hall–Kier alpha value is -1.99. The van der Waals surface area contributed by atoms with Crippen molar-refractivity contribution >= 4 is 24.7 Å². The van der Waals surface area contributed by atoms with Crippen molar-refractivity contribution in [3.63, 3.8) is 0 Å². The van der Waals surface area contributed by atoms with Gasteiger partial charge in [0, 0.05) is 6.42 Å². The van der Waals surface area contributed by atoms with Crippen molar-refractivity contribution in [3.05, 3.63) is 60.7 Å². The van der Waals surface area contributed by atoms with E-state index in [1.54, 1.807) is 0 Å². The predicted molar refractivity (Wildman–Crippen MR) is 142 cm³/mol. The number of hydrogen-bond donors (Lipinski definition) is 0. The average molecular weight is 499 g/mol. The second-order valence-corrected chi connectivity index (χ2v) is 16.2. The highest BCUT2D eigenvalue weighted by Crippen LogP contribution is 2.38. The van der Waals surface area contributed by atoms with Gasteiger partial charge in [-0.1, -0.05) is 81.4 Å². The third-order valence-electron chi connectivity index (χ3n) is 6.14. The fraction of sp³-hybridized carbons (Fsp3) is 0.552. The van der Waals surface area contributed by atoms with E-state index in [4.69, 9.17) is 18.6 Å². The van der Waals surface area contributed by atoms with Gasteiger partial charge in [0.05, 0.1) is 25.2 Å². The van der Waals surface area contributed by atoms with Crippen LogP contribution in [0.15, 0.2) is 60.7 Å². The molecule has 0 spiro atoms. The van der Waals surface area contributed by atoms with Crippen molar-refractivity contribution in [1.82, 2.24) is 0 Å². The molecule has 1 aliphatic rings. The predicted octanol–water partition coefficient (Wildman–Crippen LogP) is 5.21. The van der Waals surface area contributed by atoms with E-state index >= 15 is 0 Å². The van der Waals surface area contributed by atoms with E-state index in [1.165, 1.54) is 10.4 Å². The molecule has 35 heavy (non-hydrogen) atoms. The Balaban J connectivity index is 1.87. The van der Waals surface area contributed by atoms with Crippen LogP contribution in [-0.4, -0.2) is 44.5 Å². The third-order valence-corrected chi connectivity index (χ3v) is 11.1. The van der Waals surface area contributed by atoms with Crippen LogP contribution in [0.25, 0.3) is 0 Å². The smallest absolute Gasteiger partial charge is 0.308 e. The lowest BCUT2D eigenvalue weighted by Crippen LogP contribution is -2.67. The van der Waals surface area contributed by atoms with Crippen LogP contribution in [-0.2, 0) is 23.4 Å². The molecule has 2 aromatic rings. The van der Waals surface area contributed by atoms with Gasteiger partial charge in [0.2, 0.25) is 0 Å². The summed E-state index contributed by atoms with van der Waals surface area (Å²) >= 11 is 0. The molecular formula is C29H42O5Si. The molecule has 0 aliphatic carbocycles. The number of esters is 1. The second-order valence-electron chi connectivity index (χ2n) is 11.9. The molecule has 0 N–H and O–H groups in total. The van der Waals surface area contributed by atoms with Gasteiger partial charge in [0.1, 0.15) is 5.60 Å². The zero-order valence-electron chi connectivity index (χ0n) is 22.6. The first-order valence-corrected chi connectivity index (χ1v) is 14.5. The Bertz CT molecular complexity index is 921. The van der Waals surface area contributed by atoms with Crippen LogP contribution < -0.4 is 10.4 Å². The van der Waals surface area contributed by atoms with E-state index < -0.39 is 19.7 Å². The quantitative estimate of drug-likeness (QED) is 0.388. The second kappa shape index (κ2) is 10.6. The SMILES string of the molecule is CC(C)(C)OC(=O)CC1CC(CO[Si](c2ccccc2)(c2ccccc2)C(C)(C)C)OC(C)(C)O1. The van der Waals surface area contributed by atoms with Crippen molar-refractivity contribution in [3.8, 4) is 0 Å². The van der Waals surface area contributed by atoms with Gasteiger partial charge in [-0.05, 0) is 50.0 Å². The monoisotopic (exact) mass is 498 g/mol. The molecule has 0 aromatic heterocycles. The topological polar surface area (TPSA) is 54.0 Å². The summed E-state index contributed by atoms with van der Waals surface area (Å²) in [6.07, 6.45) is 0.273. The normalized spacial score (nSPS) is 20.9. The Morgan fingerprint density at radius 1 is 0.886 bits per heavy atom. The minimum atomic E-state index is -2.68. The lowest BCUT2D eigenvalue weighted by Gasteiger charge is -2.45. The number of rotatable bonds is 7. The molecule has 3 rings (SSSR count). The van der Waals surface area contributed by atoms with E-state index in [9.17, 15) is 4.79 Å². The van der Waals surface area contributed by atoms with Crippen LogP contribution in [0.4, 0.5) is 0 Å². The molecule has 192 valence electrons. The summed E-state index contributed by atoms with van der Waals surface area (Å²) in [5.41, 5.74) is -0.524. The zero-order chi connectivity index (χ0) is 25.9. The standard InChI is InChI=1S/C29H42O5Si/c1-27(2,3)34-26(30)20-22-19-23(33-29(7,8)32-22)21-31-35(28(4,5)6,24-15-11-9-12-16-24)25-17-13-10-14-18-25/h9-18,22-23H,19-21H2,1-8H3. The summed E-state index contributed by atoms with van der Waals surface area (Å²) < 4.78 is 25.0. The van der Waals surface area contributed by atoms with Crippen molar-refractivity contribution in [2.45, 2.75) is 96.9 Å². The van der Waals surface area contributed by atoms with Crippen LogP contribution in [0.1, 0.15) is 68.2 Å². The molecular weight excluding hydrogens is 456 g/mol. The van der Waals surface area contributed by atoms with Gasteiger partial charge in [0.25, 0.3) is 8.32 Å². The van der Waals surface area contributed by atoms with E-state index in [0.717, 1.165) is 0 Å². The summed E-state index contributed by atoms with van der Waals surface area (Å²) in [4.78, 5) is 12.5. The minimum Gasteiger partial charge on any atom is -0.460 e. The molecule has 0 radical (unpaired) electrons. The van der Waals surface area contributed by atoms with E-state index in [1.807, 2.05) is 46.8 Å². The lowest BCUT2D eigenvalue weighted by atomic mass is 10.1. The minimum absolute atomic E-state index is 0.119. The maximum Gasteiger partial charge on any atom is 0.308 e. The van der Waals surface area contributed by atoms with Crippen LogP contribution in [0.2, 0.25) is 5.04 Å². The van der Waals surface area contributed by atoms with Gasteiger partial charge in [-0.25, -0.2) is 0 Å². The molecule has 5 nitrogen and oxygen atoms in total. The zero-order valence-corrected chi connectivity index (χ0v) is 23.6. The Morgan fingerprint density at radius 3 is 1.83 bits per heavy atom. The first-order chi connectivity index (χ1) is 16.2.